The molecule has 1 aromatic rings. The summed E-state index contributed by atoms with van der Waals surface area (Å²) in [4.78, 5) is 2.32. The Kier molecular flexibility index (Phi) is 4.07. The molecule has 2 unspecified atom stereocenters. The second-order valence-corrected chi connectivity index (χ2v) is 5.65. The van der Waals surface area contributed by atoms with Crippen LogP contribution >= 0.6 is 15.9 Å². The molecule has 4 heteroatoms. The molecule has 1 fully saturated rings. The van der Waals surface area contributed by atoms with Crippen LogP contribution in [-0.4, -0.2) is 29.2 Å². The predicted octanol–water partition coefficient (Wildman–Crippen LogP) is 2.23. The average Bonchev–Trinajstić information content (AvgIpc) is 2.64. The Morgan fingerprint density at radius 3 is 2.94 bits per heavy atom. The molecule has 0 spiro atoms. The zero-order valence-corrected chi connectivity index (χ0v) is 11.7. The summed E-state index contributed by atoms with van der Waals surface area (Å²) >= 11 is 3.54. The van der Waals surface area contributed by atoms with Crippen LogP contribution in [0.4, 0.5) is 5.69 Å². The van der Waals surface area contributed by atoms with Gasteiger partial charge < -0.3 is 10.8 Å². The van der Waals surface area contributed by atoms with Gasteiger partial charge in [0, 0.05) is 28.3 Å². The maximum Gasteiger partial charge on any atom is 0.0589 e. The first-order valence-corrected chi connectivity index (χ1v) is 6.80. The molecule has 0 radical (unpaired) electrons. The van der Waals surface area contributed by atoms with Crippen LogP contribution in [-0.2, 0) is 6.54 Å². The molecule has 94 valence electrons. The van der Waals surface area contributed by atoms with Crippen LogP contribution in [0.5, 0.6) is 0 Å². The van der Waals surface area contributed by atoms with Crippen molar-refractivity contribution in [1.82, 2.24) is 4.90 Å². The van der Waals surface area contributed by atoms with E-state index in [0.29, 0.717) is 5.92 Å². The first-order valence-electron chi connectivity index (χ1n) is 6.01. The van der Waals surface area contributed by atoms with Gasteiger partial charge in [-0.25, -0.2) is 0 Å². The number of benzene rings is 1. The monoisotopic (exact) mass is 298 g/mol. The summed E-state index contributed by atoms with van der Waals surface area (Å²) in [5.74, 6) is 0.559. The molecule has 2 rings (SSSR count). The van der Waals surface area contributed by atoms with Gasteiger partial charge in [-0.15, -0.1) is 0 Å². The van der Waals surface area contributed by atoms with Gasteiger partial charge in [-0.3, -0.25) is 4.90 Å². The number of nitrogens with two attached hydrogens (primary N) is 1. The van der Waals surface area contributed by atoms with E-state index in [4.69, 9.17) is 5.73 Å². The standard InChI is InChI=1S/C13H19BrN2O/c1-9-5-6-16(13(9)8-17)7-10-11(14)3-2-4-12(10)15/h2-4,9,13,17H,5-8,15H2,1H3. The lowest BCUT2D eigenvalue weighted by molar-refractivity contribution is 0.134. The molecule has 0 amide bonds. The summed E-state index contributed by atoms with van der Waals surface area (Å²) in [5, 5.41) is 9.44. The number of aliphatic hydroxyl groups excluding tert-OH is 1. The largest absolute Gasteiger partial charge is 0.398 e. The van der Waals surface area contributed by atoms with Crippen molar-refractivity contribution in [2.45, 2.75) is 25.9 Å². The van der Waals surface area contributed by atoms with E-state index in [1.165, 1.54) is 0 Å². The van der Waals surface area contributed by atoms with Crippen molar-refractivity contribution >= 4 is 21.6 Å². The van der Waals surface area contributed by atoms with Gasteiger partial charge in [0.15, 0.2) is 0 Å². The molecular formula is C13H19BrN2O. The third-order valence-electron chi connectivity index (χ3n) is 3.70. The van der Waals surface area contributed by atoms with Gasteiger partial charge in [0.05, 0.1) is 6.61 Å². The van der Waals surface area contributed by atoms with Gasteiger partial charge in [0.1, 0.15) is 0 Å². The summed E-state index contributed by atoms with van der Waals surface area (Å²) < 4.78 is 1.05. The van der Waals surface area contributed by atoms with Crippen molar-refractivity contribution in [3.63, 3.8) is 0 Å². The topological polar surface area (TPSA) is 49.5 Å². The van der Waals surface area contributed by atoms with Crippen molar-refractivity contribution in [3.05, 3.63) is 28.2 Å². The highest BCUT2D eigenvalue weighted by Gasteiger charge is 2.30. The molecule has 3 N–H and O–H groups in total. The fourth-order valence-electron chi connectivity index (χ4n) is 2.52. The van der Waals surface area contributed by atoms with Crippen molar-refractivity contribution in [3.8, 4) is 0 Å². The van der Waals surface area contributed by atoms with Gasteiger partial charge in [0.2, 0.25) is 0 Å². The number of nitrogen functional groups attached to an aromatic ring is 1. The molecule has 2 atom stereocenters. The van der Waals surface area contributed by atoms with Crippen molar-refractivity contribution < 1.29 is 5.11 Å². The number of rotatable bonds is 3. The lowest BCUT2D eigenvalue weighted by atomic mass is 10.0. The van der Waals surface area contributed by atoms with Crippen molar-refractivity contribution in [1.29, 1.82) is 0 Å². The maximum absolute atomic E-state index is 9.44. The van der Waals surface area contributed by atoms with Gasteiger partial charge in [0.25, 0.3) is 0 Å². The number of nitrogens with zero attached hydrogens (tertiary/aromatic N) is 1. The van der Waals surface area contributed by atoms with Crippen LogP contribution in [0.25, 0.3) is 0 Å². The second-order valence-electron chi connectivity index (χ2n) is 4.79. The fourth-order valence-corrected chi connectivity index (χ4v) is 3.03. The summed E-state index contributed by atoms with van der Waals surface area (Å²) in [7, 11) is 0. The van der Waals surface area contributed by atoms with Gasteiger partial charge in [-0.05, 0) is 31.0 Å². The number of aliphatic hydroxyl groups is 1. The van der Waals surface area contributed by atoms with Crippen molar-refractivity contribution in [2.75, 3.05) is 18.9 Å². The van der Waals surface area contributed by atoms with Gasteiger partial charge >= 0.3 is 0 Å². The van der Waals surface area contributed by atoms with Crippen LogP contribution in [0.3, 0.4) is 0 Å². The lowest BCUT2D eigenvalue weighted by Crippen LogP contribution is -2.34. The Bertz CT molecular complexity index is 377. The van der Waals surface area contributed by atoms with Crippen LogP contribution in [0.15, 0.2) is 22.7 Å². The Morgan fingerprint density at radius 1 is 1.53 bits per heavy atom. The summed E-state index contributed by atoms with van der Waals surface area (Å²) in [6.07, 6.45) is 1.15. The molecule has 17 heavy (non-hydrogen) atoms. The first-order chi connectivity index (χ1) is 8.13. The van der Waals surface area contributed by atoms with E-state index in [1.807, 2.05) is 18.2 Å². The Labute approximate surface area is 111 Å². The highest BCUT2D eigenvalue weighted by Crippen LogP contribution is 2.29. The third kappa shape index (κ3) is 2.64. The zero-order valence-electron chi connectivity index (χ0n) is 10.1. The number of likely N-dealkylation sites (tertiary alicyclic amines) is 1. The highest BCUT2D eigenvalue weighted by atomic mass is 79.9. The minimum Gasteiger partial charge on any atom is -0.398 e. The number of hydrogen-bond donors (Lipinski definition) is 2. The van der Waals surface area contributed by atoms with E-state index in [1.54, 1.807) is 0 Å². The summed E-state index contributed by atoms with van der Waals surface area (Å²) in [6, 6.07) is 6.15. The van der Waals surface area contributed by atoms with E-state index < -0.39 is 0 Å². The molecular weight excluding hydrogens is 280 g/mol. The van der Waals surface area contributed by atoms with Gasteiger partial charge in [-0.1, -0.05) is 28.9 Å². The molecule has 3 nitrogen and oxygen atoms in total. The van der Waals surface area contributed by atoms with E-state index >= 15 is 0 Å². The molecule has 0 bridgehead atoms. The zero-order chi connectivity index (χ0) is 12.4. The van der Waals surface area contributed by atoms with E-state index in [2.05, 4.69) is 27.8 Å². The highest BCUT2D eigenvalue weighted by molar-refractivity contribution is 9.10. The Morgan fingerprint density at radius 2 is 2.29 bits per heavy atom. The number of anilines is 1. The van der Waals surface area contributed by atoms with Crippen LogP contribution in [0.1, 0.15) is 18.9 Å². The molecule has 1 aromatic carbocycles. The average molecular weight is 299 g/mol. The molecule has 0 aliphatic carbocycles. The van der Waals surface area contributed by atoms with E-state index in [-0.39, 0.29) is 12.6 Å². The smallest absolute Gasteiger partial charge is 0.0589 e. The summed E-state index contributed by atoms with van der Waals surface area (Å²) in [5.41, 5.74) is 7.94. The number of halogens is 1. The Balaban J connectivity index is 2.16. The maximum atomic E-state index is 9.44. The molecule has 0 saturated carbocycles. The van der Waals surface area contributed by atoms with E-state index in [9.17, 15) is 5.11 Å². The van der Waals surface area contributed by atoms with Gasteiger partial charge in [-0.2, -0.15) is 0 Å². The SMILES string of the molecule is CC1CCN(Cc2c(N)cccc2Br)C1CO. The minimum atomic E-state index is 0.228. The first kappa shape index (κ1) is 12.9. The van der Waals surface area contributed by atoms with E-state index in [0.717, 1.165) is 35.2 Å². The molecule has 1 heterocycles. The fraction of sp³-hybridized carbons (Fsp3) is 0.538. The molecule has 1 aliphatic rings. The lowest BCUT2D eigenvalue weighted by Gasteiger charge is -2.26. The predicted molar refractivity (Wildman–Crippen MR) is 73.6 cm³/mol. The molecule has 1 aliphatic heterocycles. The van der Waals surface area contributed by atoms with Crippen molar-refractivity contribution in [2.24, 2.45) is 5.92 Å². The normalized spacial score (nSPS) is 25.4. The molecule has 0 aromatic heterocycles. The minimum absolute atomic E-state index is 0.228. The third-order valence-corrected chi connectivity index (χ3v) is 4.44. The van der Waals surface area contributed by atoms with Crippen LogP contribution in [0.2, 0.25) is 0 Å². The Hall–Kier alpha value is -0.580. The molecule has 1 saturated heterocycles. The summed E-state index contributed by atoms with van der Waals surface area (Å²) in [6.45, 7) is 4.27. The quantitative estimate of drug-likeness (QED) is 0.842. The second kappa shape index (κ2) is 5.38. The van der Waals surface area contributed by atoms with Crippen LogP contribution in [0, 0.1) is 5.92 Å². The van der Waals surface area contributed by atoms with Crippen LogP contribution < -0.4 is 5.73 Å². The number of hydrogen-bond acceptors (Lipinski definition) is 3.